The number of pyridine rings is 1. The number of carbonyl (C=O) groups excluding carboxylic acids is 1. The second-order valence-corrected chi connectivity index (χ2v) is 8.11. The topological polar surface area (TPSA) is 95.0 Å². The summed E-state index contributed by atoms with van der Waals surface area (Å²) in [7, 11) is 5.49. The number of amides is 2. The highest BCUT2D eigenvalue weighted by molar-refractivity contribution is 9.10. The maximum atomic E-state index is 12.9. The van der Waals surface area contributed by atoms with Crippen LogP contribution in [0.5, 0.6) is 0 Å². The van der Waals surface area contributed by atoms with E-state index in [1.165, 1.54) is 4.90 Å². The number of hydrogen-bond acceptors (Lipinski definition) is 5. The maximum Gasteiger partial charge on any atom is 0.408 e. The minimum Gasteiger partial charge on any atom is -0.465 e. The van der Waals surface area contributed by atoms with Gasteiger partial charge >= 0.3 is 6.09 Å². The van der Waals surface area contributed by atoms with Crippen LogP contribution in [0.2, 0.25) is 0 Å². The molecule has 1 aliphatic heterocycles. The molecule has 8 nitrogen and oxygen atoms in total. The molecule has 2 amide bonds. The molecule has 1 aliphatic carbocycles. The van der Waals surface area contributed by atoms with E-state index in [4.69, 9.17) is 4.74 Å². The van der Waals surface area contributed by atoms with Crippen LogP contribution in [0.4, 0.5) is 10.6 Å². The zero-order valence-corrected chi connectivity index (χ0v) is 16.6. The summed E-state index contributed by atoms with van der Waals surface area (Å²) in [6.07, 6.45) is 0.292. The summed E-state index contributed by atoms with van der Waals surface area (Å²) in [5, 5.41) is 12.4. The minimum atomic E-state index is -1.05. The van der Waals surface area contributed by atoms with Crippen molar-refractivity contribution in [3.8, 4) is 0 Å². The molecule has 2 fully saturated rings. The predicted octanol–water partition coefficient (Wildman–Crippen LogP) is 2.00. The van der Waals surface area contributed by atoms with Crippen molar-refractivity contribution in [2.45, 2.75) is 31.5 Å². The first-order valence-corrected chi connectivity index (χ1v) is 9.18. The number of carboxylic acid groups (broad SMARTS) is 1. The van der Waals surface area contributed by atoms with Crippen molar-refractivity contribution in [1.82, 2.24) is 14.8 Å². The van der Waals surface area contributed by atoms with Gasteiger partial charge in [-0.3, -0.25) is 9.69 Å². The molecule has 142 valence electrons. The van der Waals surface area contributed by atoms with Crippen molar-refractivity contribution < 1.29 is 19.4 Å². The Hall–Kier alpha value is -1.71. The second kappa shape index (κ2) is 7.13. The minimum absolute atomic E-state index is 0.0907. The van der Waals surface area contributed by atoms with Crippen LogP contribution in [0.25, 0.3) is 0 Å². The lowest BCUT2D eigenvalue weighted by atomic mass is 9.98. The van der Waals surface area contributed by atoms with Gasteiger partial charge in [-0.15, -0.1) is 0 Å². The van der Waals surface area contributed by atoms with E-state index in [9.17, 15) is 14.7 Å². The Morgan fingerprint density at radius 1 is 1.46 bits per heavy atom. The van der Waals surface area contributed by atoms with Crippen LogP contribution in [-0.2, 0) is 16.1 Å². The van der Waals surface area contributed by atoms with E-state index in [0.717, 1.165) is 18.5 Å². The Labute approximate surface area is 160 Å². The summed E-state index contributed by atoms with van der Waals surface area (Å²) in [5.41, 5.74) is 0.612. The van der Waals surface area contributed by atoms with Crippen molar-refractivity contribution in [3.63, 3.8) is 0 Å². The molecule has 3 atom stereocenters. The van der Waals surface area contributed by atoms with Gasteiger partial charge in [-0.05, 0) is 48.9 Å². The van der Waals surface area contributed by atoms with Gasteiger partial charge in [0, 0.05) is 30.7 Å². The lowest BCUT2D eigenvalue weighted by Crippen LogP contribution is -2.45. The number of carbonyl (C=O) groups is 2. The lowest BCUT2D eigenvalue weighted by molar-refractivity contribution is -0.120. The van der Waals surface area contributed by atoms with Gasteiger partial charge in [-0.25, -0.2) is 9.78 Å². The fourth-order valence-corrected chi connectivity index (χ4v) is 4.34. The second-order valence-electron chi connectivity index (χ2n) is 7.29. The number of hydrogen-bond donors (Lipinski definition) is 2. The third-order valence-corrected chi connectivity index (χ3v) is 5.50. The number of nitrogens with zero attached hydrogens (tertiary/aromatic N) is 3. The molecule has 1 saturated heterocycles. The van der Waals surface area contributed by atoms with Gasteiger partial charge in [0.25, 0.3) is 0 Å². The quantitative estimate of drug-likeness (QED) is 0.675. The van der Waals surface area contributed by atoms with Crippen molar-refractivity contribution >= 4 is 33.7 Å². The molecule has 26 heavy (non-hydrogen) atoms. The highest BCUT2D eigenvalue weighted by atomic mass is 79.9. The van der Waals surface area contributed by atoms with Crippen LogP contribution in [0.1, 0.15) is 18.4 Å². The number of fused-ring (bicyclic) bond motifs is 1. The van der Waals surface area contributed by atoms with E-state index >= 15 is 0 Å². The molecule has 2 N–H and O–H groups in total. The van der Waals surface area contributed by atoms with Gasteiger partial charge in [-0.2, -0.15) is 0 Å². The Bertz CT molecular complexity index is 729. The number of likely N-dealkylation sites (tertiary alicyclic amines) is 1. The van der Waals surface area contributed by atoms with E-state index in [0.29, 0.717) is 23.4 Å². The van der Waals surface area contributed by atoms with Gasteiger partial charge in [0.15, 0.2) is 0 Å². The first kappa shape index (κ1) is 19.1. The normalized spacial score (nSPS) is 26.7. The summed E-state index contributed by atoms with van der Waals surface area (Å²) in [5.74, 6) is 0.0412. The first-order chi connectivity index (χ1) is 12.3. The molecule has 1 aromatic rings. The maximum absolute atomic E-state index is 12.9. The molecule has 3 rings (SSSR count). The average Bonchev–Trinajstić information content (AvgIpc) is 3.12. The van der Waals surface area contributed by atoms with Gasteiger partial charge in [-0.1, -0.05) is 6.07 Å². The predicted molar refractivity (Wildman–Crippen MR) is 98.9 cm³/mol. The number of ether oxygens (including phenoxy) is 1. The number of methoxy groups -OCH3 is 1. The van der Waals surface area contributed by atoms with E-state index in [1.54, 1.807) is 13.2 Å². The standard InChI is InChI=1S/C17H23BrN4O4/c1-21(2)9-17-6-11(22(16(24)25)12(17)7-17)15(23)20-14-10(8-26-3)4-5-13(18)19-14/h4-5,11-12H,6-9H2,1-3H3,(H,24,25)(H,19,20,23). The van der Waals surface area contributed by atoms with Crippen LogP contribution < -0.4 is 5.32 Å². The zero-order chi connectivity index (χ0) is 19.1. The van der Waals surface area contributed by atoms with Crippen molar-refractivity contribution in [1.29, 1.82) is 0 Å². The van der Waals surface area contributed by atoms with Crippen LogP contribution >= 0.6 is 15.9 Å². The molecule has 0 aromatic carbocycles. The van der Waals surface area contributed by atoms with Gasteiger partial charge in [0.2, 0.25) is 5.91 Å². The molecule has 0 bridgehead atoms. The molecule has 0 radical (unpaired) electrons. The fraction of sp³-hybridized carbons (Fsp3) is 0.588. The monoisotopic (exact) mass is 426 g/mol. The van der Waals surface area contributed by atoms with Crippen LogP contribution in [0.3, 0.4) is 0 Å². The molecule has 3 unspecified atom stereocenters. The number of halogens is 1. The van der Waals surface area contributed by atoms with Gasteiger partial charge in [0.05, 0.1) is 6.61 Å². The Balaban J connectivity index is 1.79. The van der Waals surface area contributed by atoms with Crippen LogP contribution in [0, 0.1) is 5.41 Å². The zero-order valence-electron chi connectivity index (χ0n) is 15.0. The number of nitrogens with one attached hydrogen (secondary N) is 1. The Morgan fingerprint density at radius 3 is 2.81 bits per heavy atom. The summed E-state index contributed by atoms with van der Waals surface area (Å²) < 4.78 is 5.73. The lowest BCUT2D eigenvalue weighted by Gasteiger charge is -2.24. The molecule has 2 aliphatic rings. The first-order valence-electron chi connectivity index (χ1n) is 8.38. The molecule has 1 saturated carbocycles. The molecule has 1 aromatic heterocycles. The molecule has 0 spiro atoms. The molecular formula is C17H23BrN4O4. The summed E-state index contributed by atoms with van der Waals surface area (Å²) in [6.45, 7) is 1.08. The molecule has 9 heteroatoms. The van der Waals surface area contributed by atoms with Gasteiger partial charge < -0.3 is 20.1 Å². The van der Waals surface area contributed by atoms with Gasteiger partial charge in [0.1, 0.15) is 16.5 Å². The number of rotatable bonds is 6. The van der Waals surface area contributed by atoms with Crippen molar-refractivity contribution in [2.24, 2.45) is 5.41 Å². The highest BCUT2D eigenvalue weighted by Crippen LogP contribution is 2.59. The fourth-order valence-electron chi connectivity index (χ4n) is 4.03. The van der Waals surface area contributed by atoms with E-state index in [-0.39, 0.29) is 17.4 Å². The van der Waals surface area contributed by atoms with Crippen LogP contribution in [-0.4, -0.2) is 71.7 Å². The molecule has 2 heterocycles. The summed E-state index contributed by atoms with van der Waals surface area (Å²) in [6, 6.07) is 2.78. The third kappa shape index (κ3) is 3.56. The number of aromatic nitrogens is 1. The SMILES string of the molecule is COCc1ccc(Br)nc1NC(=O)C1CC2(CN(C)C)CC2N1C(=O)O. The largest absolute Gasteiger partial charge is 0.465 e. The Morgan fingerprint density at radius 2 is 2.19 bits per heavy atom. The van der Waals surface area contributed by atoms with Crippen LogP contribution in [0.15, 0.2) is 16.7 Å². The summed E-state index contributed by atoms with van der Waals surface area (Å²) >= 11 is 3.29. The average molecular weight is 427 g/mol. The van der Waals surface area contributed by atoms with Crippen molar-refractivity contribution in [3.05, 3.63) is 22.3 Å². The van der Waals surface area contributed by atoms with Crippen molar-refractivity contribution in [2.75, 3.05) is 33.1 Å². The smallest absolute Gasteiger partial charge is 0.408 e. The third-order valence-electron chi connectivity index (χ3n) is 5.06. The highest BCUT2D eigenvalue weighted by Gasteiger charge is 2.67. The summed E-state index contributed by atoms with van der Waals surface area (Å²) in [4.78, 5) is 32.3. The van der Waals surface area contributed by atoms with E-state index < -0.39 is 12.1 Å². The number of piperidine rings is 1. The van der Waals surface area contributed by atoms with E-state index in [2.05, 4.69) is 26.2 Å². The molecular weight excluding hydrogens is 404 g/mol. The van der Waals surface area contributed by atoms with E-state index in [1.807, 2.05) is 25.1 Å². The number of anilines is 1. The Kier molecular flexibility index (Phi) is 5.23.